The number of ether oxygens (including phenoxy) is 1. The Morgan fingerprint density at radius 3 is 2.09 bits per heavy atom. The van der Waals surface area contributed by atoms with Crippen molar-refractivity contribution in [2.24, 2.45) is 0 Å². The monoisotopic (exact) mass is 330 g/mol. The van der Waals surface area contributed by atoms with Crippen molar-refractivity contribution in [3.05, 3.63) is 12.3 Å². The van der Waals surface area contributed by atoms with Crippen LogP contribution in [0.3, 0.4) is 0 Å². The molecule has 2 atom stereocenters. The molecule has 0 bridgehead atoms. The first-order valence-electron chi connectivity index (χ1n) is 8.90. The minimum atomic E-state index is -0.241. The number of rotatable bonds is 15. The van der Waals surface area contributed by atoms with Gasteiger partial charge in [-0.1, -0.05) is 64.7 Å². The van der Waals surface area contributed by atoms with E-state index in [0.29, 0.717) is 0 Å². The molecule has 0 aromatic rings. The molecule has 22 heavy (non-hydrogen) atoms. The minimum absolute atomic E-state index is 0.118. The molecule has 0 radical (unpaired) electrons. The molecule has 0 saturated heterocycles. The molecule has 0 aromatic heterocycles. The molecular weight excluding hydrogens is 295 g/mol. The van der Waals surface area contributed by atoms with Crippen LogP contribution in [0.25, 0.3) is 0 Å². The first kappa shape index (κ1) is 21.6. The molecule has 0 aliphatic heterocycles. The number of carbonyl (C=O) groups is 1. The van der Waals surface area contributed by atoms with E-state index in [4.69, 9.17) is 9.26 Å². The van der Waals surface area contributed by atoms with Crippen LogP contribution >= 0.6 is 9.47 Å². The second-order valence-corrected chi connectivity index (χ2v) is 6.26. The Hall–Kier alpha value is -0.400. The summed E-state index contributed by atoms with van der Waals surface area (Å²) in [5.41, 5.74) is 0. The molecule has 0 N–H and O–H groups in total. The first-order chi connectivity index (χ1) is 10.7. The standard InChI is InChI=1S/C18H35O3P/c1-3-4-5-6-7-8-9-10-11-12-13-14-15-20-18(19)16-17(2)21-22/h14-15,17H,3-13,16,22H2,1-2H3. The van der Waals surface area contributed by atoms with Crippen LogP contribution < -0.4 is 0 Å². The summed E-state index contributed by atoms with van der Waals surface area (Å²) < 4.78 is 9.93. The molecule has 130 valence electrons. The summed E-state index contributed by atoms with van der Waals surface area (Å²) in [6.07, 6.45) is 18.0. The van der Waals surface area contributed by atoms with Gasteiger partial charge in [0.25, 0.3) is 0 Å². The van der Waals surface area contributed by atoms with E-state index in [1.165, 1.54) is 70.5 Å². The van der Waals surface area contributed by atoms with E-state index in [1.807, 2.05) is 13.0 Å². The fourth-order valence-corrected chi connectivity index (χ4v) is 2.37. The molecule has 0 aliphatic rings. The van der Waals surface area contributed by atoms with Gasteiger partial charge < -0.3 is 9.26 Å². The second-order valence-electron chi connectivity index (χ2n) is 5.98. The highest BCUT2D eigenvalue weighted by atomic mass is 31.0. The van der Waals surface area contributed by atoms with Gasteiger partial charge in [-0.25, -0.2) is 0 Å². The lowest BCUT2D eigenvalue weighted by atomic mass is 10.1. The second kappa shape index (κ2) is 17.0. The van der Waals surface area contributed by atoms with Crippen molar-refractivity contribution in [3.8, 4) is 0 Å². The lowest BCUT2D eigenvalue weighted by molar-refractivity contribution is -0.139. The Bertz CT molecular complexity index is 280. The van der Waals surface area contributed by atoms with Gasteiger partial charge in [-0.05, 0) is 25.8 Å². The van der Waals surface area contributed by atoms with Crippen molar-refractivity contribution in [3.63, 3.8) is 0 Å². The molecule has 0 aliphatic carbocycles. The zero-order valence-corrected chi connectivity index (χ0v) is 15.7. The average Bonchev–Trinajstić information content (AvgIpc) is 2.51. The molecule has 0 fully saturated rings. The molecule has 0 heterocycles. The van der Waals surface area contributed by atoms with E-state index in [2.05, 4.69) is 16.4 Å². The third-order valence-electron chi connectivity index (χ3n) is 3.71. The van der Waals surface area contributed by atoms with Crippen molar-refractivity contribution in [1.82, 2.24) is 0 Å². The fourth-order valence-electron chi connectivity index (χ4n) is 2.27. The van der Waals surface area contributed by atoms with Gasteiger partial charge >= 0.3 is 5.97 Å². The maximum Gasteiger partial charge on any atom is 0.313 e. The summed E-state index contributed by atoms with van der Waals surface area (Å²) in [4.78, 5) is 11.4. The summed E-state index contributed by atoms with van der Waals surface area (Å²) in [5, 5.41) is 0. The van der Waals surface area contributed by atoms with Gasteiger partial charge in [0.1, 0.15) is 0 Å². The first-order valence-corrected chi connectivity index (χ1v) is 9.37. The number of allylic oxidation sites excluding steroid dienone is 1. The summed E-state index contributed by atoms with van der Waals surface area (Å²) >= 11 is 0. The quantitative estimate of drug-likeness (QED) is 0.161. The van der Waals surface area contributed by atoms with Gasteiger partial charge in [0.05, 0.1) is 18.8 Å². The van der Waals surface area contributed by atoms with Crippen LogP contribution in [0.4, 0.5) is 0 Å². The maximum atomic E-state index is 11.4. The van der Waals surface area contributed by atoms with Gasteiger partial charge in [0.2, 0.25) is 0 Å². The van der Waals surface area contributed by atoms with E-state index in [1.54, 1.807) is 0 Å². The van der Waals surface area contributed by atoms with Gasteiger partial charge in [-0.2, -0.15) is 0 Å². The Labute approximate surface area is 139 Å². The van der Waals surface area contributed by atoms with Crippen LogP contribution in [0.1, 0.15) is 90.9 Å². The average molecular weight is 330 g/mol. The third-order valence-corrected chi connectivity index (χ3v) is 4.17. The SMILES string of the molecule is CCCCCCCCCCCCC=COC(=O)CC(C)OP. The Morgan fingerprint density at radius 1 is 1.00 bits per heavy atom. The summed E-state index contributed by atoms with van der Waals surface area (Å²) in [6.45, 7) is 4.09. The van der Waals surface area contributed by atoms with Crippen molar-refractivity contribution in [2.75, 3.05) is 0 Å². The van der Waals surface area contributed by atoms with Gasteiger partial charge in [0.15, 0.2) is 0 Å². The number of unbranched alkanes of at least 4 members (excludes halogenated alkanes) is 10. The highest BCUT2D eigenvalue weighted by Crippen LogP contribution is 2.11. The van der Waals surface area contributed by atoms with Crippen LogP contribution in [0.2, 0.25) is 0 Å². The minimum Gasteiger partial charge on any atom is -0.435 e. The van der Waals surface area contributed by atoms with E-state index >= 15 is 0 Å². The number of hydrogen-bond donors (Lipinski definition) is 0. The van der Waals surface area contributed by atoms with E-state index in [-0.39, 0.29) is 18.5 Å². The van der Waals surface area contributed by atoms with Crippen LogP contribution in [0.15, 0.2) is 12.3 Å². The molecule has 2 unspecified atom stereocenters. The predicted molar refractivity (Wildman–Crippen MR) is 96.6 cm³/mol. The van der Waals surface area contributed by atoms with Crippen LogP contribution in [0, 0.1) is 0 Å². The number of carbonyl (C=O) groups excluding carboxylic acids is 1. The molecule has 0 aromatic carbocycles. The Morgan fingerprint density at radius 2 is 1.55 bits per heavy atom. The van der Waals surface area contributed by atoms with Crippen LogP contribution in [-0.4, -0.2) is 12.1 Å². The molecular formula is C18H35O3P. The maximum absolute atomic E-state index is 11.4. The van der Waals surface area contributed by atoms with Gasteiger partial charge in [-0.3, -0.25) is 4.79 Å². The summed E-state index contributed by atoms with van der Waals surface area (Å²) in [6, 6.07) is 0. The van der Waals surface area contributed by atoms with E-state index in [0.717, 1.165) is 6.42 Å². The van der Waals surface area contributed by atoms with Crippen molar-refractivity contribution in [2.45, 2.75) is 97.0 Å². The number of esters is 1. The molecule has 0 spiro atoms. The highest BCUT2D eigenvalue weighted by molar-refractivity contribution is 7.09. The topological polar surface area (TPSA) is 35.5 Å². The molecule has 0 saturated carbocycles. The highest BCUT2D eigenvalue weighted by Gasteiger charge is 2.07. The zero-order valence-electron chi connectivity index (χ0n) is 14.5. The zero-order chi connectivity index (χ0) is 16.5. The lowest BCUT2D eigenvalue weighted by Gasteiger charge is -2.06. The van der Waals surface area contributed by atoms with Crippen LogP contribution in [0.5, 0.6) is 0 Å². The predicted octanol–water partition coefficient (Wildman–Crippen LogP) is 5.94. The summed E-state index contributed by atoms with van der Waals surface area (Å²) in [7, 11) is 2.16. The van der Waals surface area contributed by atoms with Gasteiger partial charge in [-0.15, -0.1) is 0 Å². The van der Waals surface area contributed by atoms with Crippen molar-refractivity contribution < 1.29 is 14.1 Å². The van der Waals surface area contributed by atoms with E-state index in [9.17, 15) is 4.79 Å². The van der Waals surface area contributed by atoms with Crippen LogP contribution in [-0.2, 0) is 14.1 Å². The third kappa shape index (κ3) is 16.0. The van der Waals surface area contributed by atoms with Crippen molar-refractivity contribution in [1.29, 1.82) is 0 Å². The van der Waals surface area contributed by atoms with E-state index < -0.39 is 0 Å². The molecule has 0 amide bonds. The molecule has 0 rings (SSSR count). The smallest absolute Gasteiger partial charge is 0.313 e. The fraction of sp³-hybridized carbons (Fsp3) is 0.833. The number of hydrogen-bond acceptors (Lipinski definition) is 3. The van der Waals surface area contributed by atoms with Crippen molar-refractivity contribution >= 4 is 15.4 Å². The molecule has 3 nitrogen and oxygen atoms in total. The van der Waals surface area contributed by atoms with Gasteiger partial charge in [0, 0.05) is 9.47 Å². The molecule has 4 heteroatoms. The summed E-state index contributed by atoms with van der Waals surface area (Å²) in [5.74, 6) is -0.241. The lowest BCUT2D eigenvalue weighted by Crippen LogP contribution is -2.10. The Balaban J connectivity index is 3.25. The normalized spacial score (nSPS) is 12.7. The Kier molecular flexibility index (Phi) is 16.7. The largest absolute Gasteiger partial charge is 0.435 e.